The molecule has 0 saturated heterocycles. The van der Waals surface area contributed by atoms with Crippen molar-refractivity contribution in [2.75, 3.05) is 6.61 Å². The van der Waals surface area contributed by atoms with Gasteiger partial charge < -0.3 is 20.2 Å². The Morgan fingerprint density at radius 3 is 2.27 bits per heavy atom. The van der Waals surface area contributed by atoms with Crippen LogP contribution >= 0.6 is 0 Å². The molecule has 0 saturated carbocycles. The fourth-order valence-corrected chi connectivity index (χ4v) is 6.81. The number of aromatic amines is 1. The fourth-order valence-electron chi connectivity index (χ4n) is 6.81. The monoisotopic (exact) mass is 659 g/mol. The number of hydrogen-bond acceptors (Lipinski definition) is 6. The molecular weight excluding hydrogens is 610 g/mol. The molecular formula is C42H49N3O4. The van der Waals surface area contributed by atoms with Crippen LogP contribution in [0.4, 0.5) is 0 Å². The van der Waals surface area contributed by atoms with Crippen molar-refractivity contribution < 1.29 is 19.1 Å². The quantitative estimate of drug-likeness (QED) is 0.0862. The number of esters is 2. The van der Waals surface area contributed by atoms with Crippen molar-refractivity contribution in [3.05, 3.63) is 125 Å². The number of H-pyrrole nitrogens is 1. The summed E-state index contributed by atoms with van der Waals surface area (Å²) >= 11 is 0. The number of rotatable bonds is 15. The van der Waals surface area contributed by atoms with E-state index in [1.54, 1.807) is 12.4 Å². The van der Waals surface area contributed by atoms with Gasteiger partial charge in [-0.3, -0.25) is 14.6 Å². The van der Waals surface area contributed by atoms with Crippen LogP contribution in [0.5, 0.6) is 0 Å². The molecule has 0 aliphatic carbocycles. The standard InChI is InChI=1S/C42H49N3O4/c1-6-48-40(46)30(4)25-34-15-16-37-36(26-34)38(39(45-37)35-23-28(2)22-29(3)24-35)31(5)42(43,19-11-10-12-32-17-20-44-21-18-32)41(47)49-27-33-13-8-7-9-14-33/h7-9,13-18,20-24,26,30-31,45H,6,10-12,19,25,27,43H2,1-5H3. The predicted octanol–water partition coefficient (Wildman–Crippen LogP) is 8.55. The number of aryl methyl sites for hydroxylation is 3. The smallest absolute Gasteiger partial charge is 0.327 e. The molecule has 0 amide bonds. The number of pyridine rings is 1. The number of hydrogen-bond donors (Lipinski definition) is 2. The molecule has 0 spiro atoms. The summed E-state index contributed by atoms with van der Waals surface area (Å²) in [5.41, 5.74) is 15.3. The molecule has 0 radical (unpaired) electrons. The molecule has 3 N–H and O–H groups in total. The molecule has 256 valence electrons. The van der Waals surface area contributed by atoms with Crippen molar-refractivity contribution in [3.63, 3.8) is 0 Å². The minimum absolute atomic E-state index is 0.149. The minimum Gasteiger partial charge on any atom is -0.466 e. The number of nitrogens with zero attached hydrogens (tertiary/aromatic N) is 1. The zero-order chi connectivity index (χ0) is 35.0. The van der Waals surface area contributed by atoms with E-state index in [1.165, 1.54) is 5.56 Å². The van der Waals surface area contributed by atoms with Crippen LogP contribution in [0.3, 0.4) is 0 Å². The van der Waals surface area contributed by atoms with Crippen molar-refractivity contribution in [2.45, 2.75) is 84.8 Å². The van der Waals surface area contributed by atoms with E-state index in [0.717, 1.165) is 69.2 Å². The summed E-state index contributed by atoms with van der Waals surface area (Å²) in [5.74, 6) is -1.34. The maximum absolute atomic E-state index is 14.3. The van der Waals surface area contributed by atoms with Gasteiger partial charge in [-0.1, -0.05) is 73.9 Å². The van der Waals surface area contributed by atoms with Crippen LogP contribution in [0.2, 0.25) is 0 Å². The Morgan fingerprint density at radius 2 is 1.57 bits per heavy atom. The molecule has 5 rings (SSSR count). The van der Waals surface area contributed by atoms with E-state index in [2.05, 4.69) is 67.1 Å². The lowest BCUT2D eigenvalue weighted by Crippen LogP contribution is -2.53. The highest BCUT2D eigenvalue weighted by molar-refractivity contribution is 5.94. The second-order valence-corrected chi connectivity index (χ2v) is 13.4. The first-order valence-electron chi connectivity index (χ1n) is 17.4. The van der Waals surface area contributed by atoms with Gasteiger partial charge in [0.05, 0.1) is 18.2 Å². The van der Waals surface area contributed by atoms with Crippen LogP contribution < -0.4 is 5.73 Å². The molecule has 0 fully saturated rings. The number of nitrogens with one attached hydrogen (secondary N) is 1. The van der Waals surface area contributed by atoms with Crippen LogP contribution in [0.25, 0.3) is 22.2 Å². The topological polar surface area (TPSA) is 107 Å². The Hall–Kier alpha value is -4.75. The lowest BCUT2D eigenvalue weighted by molar-refractivity contribution is -0.153. The van der Waals surface area contributed by atoms with E-state index in [-0.39, 0.29) is 18.5 Å². The second-order valence-electron chi connectivity index (χ2n) is 13.4. The third-order valence-electron chi connectivity index (χ3n) is 9.50. The van der Waals surface area contributed by atoms with Gasteiger partial charge in [0, 0.05) is 29.2 Å². The average molecular weight is 660 g/mol. The van der Waals surface area contributed by atoms with Crippen molar-refractivity contribution >= 4 is 22.8 Å². The number of unbranched alkanes of at least 4 members (excludes halogenated alkanes) is 1. The first kappa shape index (κ1) is 35.6. The summed E-state index contributed by atoms with van der Waals surface area (Å²) in [7, 11) is 0. The Morgan fingerprint density at radius 1 is 0.857 bits per heavy atom. The zero-order valence-corrected chi connectivity index (χ0v) is 29.4. The van der Waals surface area contributed by atoms with Gasteiger partial charge in [0.1, 0.15) is 12.1 Å². The van der Waals surface area contributed by atoms with Gasteiger partial charge >= 0.3 is 11.9 Å². The summed E-state index contributed by atoms with van der Waals surface area (Å²) in [6.45, 7) is 10.4. The van der Waals surface area contributed by atoms with Gasteiger partial charge in [-0.25, -0.2) is 0 Å². The Kier molecular flexibility index (Phi) is 11.7. The number of ether oxygens (including phenoxy) is 2. The highest BCUT2D eigenvalue weighted by atomic mass is 16.5. The molecule has 3 aromatic carbocycles. The third-order valence-corrected chi connectivity index (χ3v) is 9.50. The van der Waals surface area contributed by atoms with Crippen molar-refractivity contribution in [3.8, 4) is 11.3 Å². The molecule has 0 aliphatic heterocycles. The van der Waals surface area contributed by atoms with Gasteiger partial charge in [-0.05, 0) is 111 Å². The van der Waals surface area contributed by atoms with E-state index < -0.39 is 17.4 Å². The first-order chi connectivity index (χ1) is 23.6. The van der Waals surface area contributed by atoms with Crippen LogP contribution in [-0.2, 0) is 38.5 Å². The van der Waals surface area contributed by atoms with Crippen LogP contribution in [0.15, 0.2) is 91.3 Å². The number of fused-ring (bicyclic) bond motifs is 1. The Labute approximate surface area is 290 Å². The number of benzene rings is 3. The largest absolute Gasteiger partial charge is 0.466 e. The summed E-state index contributed by atoms with van der Waals surface area (Å²) in [5, 5.41) is 0.984. The maximum Gasteiger partial charge on any atom is 0.327 e. The lowest BCUT2D eigenvalue weighted by atomic mass is 9.75. The van der Waals surface area contributed by atoms with Gasteiger partial charge in [0.15, 0.2) is 0 Å². The molecule has 3 atom stereocenters. The Balaban J connectivity index is 1.56. The molecule has 49 heavy (non-hydrogen) atoms. The van der Waals surface area contributed by atoms with E-state index in [1.807, 2.05) is 56.3 Å². The van der Waals surface area contributed by atoms with Crippen molar-refractivity contribution in [1.29, 1.82) is 0 Å². The Bertz CT molecular complexity index is 1850. The molecule has 0 bridgehead atoms. The number of aromatic nitrogens is 2. The number of carbonyl (C=O) groups is 2. The average Bonchev–Trinajstić information content (AvgIpc) is 3.48. The first-order valence-corrected chi connectivity index (χ1v) is 17.4. The fraction of sp³-hybridized carbons (Fsp3) is 0.357. The normalized spacial score (nSPS) is 13.8. The number of nitrogens with two attached hydrogens (primary N) is 1. The summed E-state index contributed by atoms with van der Waals surface area (Å²) in [6.07, 6.45) is 7.08. The second kappa shape index (κ2) is 16.1. The van der Waals surface area contributed by atoms with Gasteiger partial charge in [0.2, 0.25) is 0 Å². The minimum atomic E-state index is -1.32. The molecule has 2 heterocycles. The highest BCUT2D eigenvalue weighted by Gasteiger charge is 2.43. The van der Waals surface area contributed by atoms with Gasteiger partial charge in [0.25, 0.3) is 0 Å². The van der Waals surface area contributed by atoms with E-state index in [4.69, 9.17) is 15.2 Å². The van der Waals surface area contributed by atoms with Gasteiger partial charge in [-0.15, -0.1) is 0 Å². The molecule has 2 aromatic heterocycles. The predicted molar refractivity (Wildman–Crippen MR) is 196 cm³/mol. The van der Waals surface area contributed by atoms with Crippen LogP contribution in [0, 0.1) is 19.8 Å². The summed E-state index contributed by atoms with van der Waals surface area (Å²) < 4.78 is 11.3. The number of carbonyl (C=O) groups excluding carboxylic acids is 2. The SMILES string of the molecule is CCOC(=O)C(C)Cc1ccc2[nH]c(-c3cc(C)cc(C)c3)c(C(C)C(N)(CCCCc3ccncc3)C(=O)OCc3ccccc3)c2c1. The summed E-state index contributed by atoms with van der Waals surface area (Å²) in [4.78, 5) is 34.6. The van der Waals surface area contributed by atoms with E-state index in [9.17, 15) is 9.59 Å². The molecule has 5 aromatic rings. The maximum atomic E-state index is 14.3. The molecule has 7 heteroatoms. The van der Waals surface area contributed by atoms with Crippen LogP contribution in [0.1, 0.15) is 79.3 Å². The van der Waals surface area contributed by atoms with Crippen molar-refractivity contribution in [1.82, 2.24) is 9.97 Å². The summed E-state index contributed by atoms with van der Waals surface area (Å²) in [6, 6.07) is 26.5. The lowest BCUT2D eigenvalue weighted by Gasteiger charge is -2.34. The molecule has 3 unspecified atom stereocenters. The van der Waals surface area contributed by atoms with Crippen molar-refractivity contribution in [2.24, 2.45) is 11.7 Å². The molecule has 7 nitrogen and oxygen atoms in total. The zero-order valence-electron chi connectivity index (χ0n) is 29.4. The third kappa shape index (κ3) is 8.65. The van der Waals surface area contributed by atoms with Gasteiger partial charge in [-0.2, -0.15) is 0 Å². The van der Waals surface area contributed by atoms with Crippen LogP contribution in [-0.4, -0.2) is 34.1 Å². The van der Waals surface area contributed by atoms with E-state index >= 15 is 0 Å². The van der Waals surface area contributed by atoms with E-state index in [0.29, 0.717) is 19.4 Å². The highest BCUT2D eigenvalue weighted by Crippen LogP contribution is 2.42. The molecule has 0 aliphatic rings.